The molecule has 5 unspecified atom stereocenters. The highest BCUT2D eigenvalue weighted by atomic mass is 31.2. The summed E-state index contributed by atoms with van der Waals surface area (Å²) in [6, 6.07) is 0. The summed E-state index contributed by atoms with van der Waals surface area (Å²) >= 11 is 0. The van der Waals surface area contributed by atoms with Crippen LogP contribution in [-0.2, 0) is 55.8 Å². The number of phosphoric acid groups is 2. The maximum absolute atomic E-state index is 13.0. The number of hydrogen-bond donors (Lipinski definition) is 4. The van der Waals surface area contributed by atoms with Crippen LogP contribution in [-0.4, -0.2) is 95.9 Å². The molecule has 0 spiro atoms. The third kappa shape index (κ3) is 87.6. The zero-order valence-corrected chi connectivity index (χ0v) is 72.8. The van der Waals surface area contributed by atoms with Gasteiger partial charge in [0, 0.05) is 19.3 Å². The number of aliphatic hydroxyl groups excluding tert-OH is 2. The lowest BCUT2D eigenvalue weighted by Crippen LogP contribution is -2.30. The molecule has 0 saturated carbocycles. The number of ether oxygens (including phenoxy) is 3. The van der Waals surface area contributed by atoms with Gasteiger partial charge in [-0.25, -0.2) is 9.13 Å². The van der Waals surface area contributed by atoms with E-state index in [4.69, 9.17) is 32.3 Å². The van der Waals surface area contributed by atoms with Gasteiger partial charge in [0.2, 0.25) is 0 Å². The molecule has 5 atom stereocenters. The Hall–Kier alpha value is -5.09. The minimum absolute atomic E-state index is 0.0610. The molecule has 0 heterocycles. The van der Waals surface area contributed by atoms with Crippen molar-refractivity contribution in [3.05, 3.63) is 170 Å². The van der Waals surface area contributed by atoms with E-state index >= 15 is 0 Å². The molecule has 0 aromatic rings. The van der Waals surface area contributed by atoms with Crippen LogP contribution >= 0.6 is 15.6 Å². The van der Waals surface area contributed by atoms with Crippen LogP contribution in [0.3, 0.4) is 0 Å². The highest BCUT2D eigenvalue weighted by Crippen LogP contribution is 2.45. The van der Waals surface area contributed by atoms with E-state index < -0.39 is 91.5 Å². The number of esters is 3. The summed E-state index contributed by atoms with van der Waals surface area (Å²) in [5, 5.41) is 20.7. The van der Waals surface area contributed by atoms with E-state index in [1.54, 1.807) is 0 Å². The van der Waals surface area contributed by atoms with Gasteiger partial charge in [0.1, 0.15) is 25.4 Å². The average molecular weight is 1620 g/mol. The van der Waals surface area contributed by atoms with Crippen molar-refractivity contribution in [2.24, 2.45) is 0 Å². The van der Waals surface area contributed by atoms with Crippen LogP contribution in [0.5, 0.6) is 0 Å². The molecule has 0 aliphatic rings. The van der Waals surface area contributed by atoms with Gasteiger partial charge in [-0.05, 0) is 154 Å². The van der Waals surface area contributed by atoms with Crippen molar-refractivity contribution in [3.8, 4) is 0 Å². The normalized spacial score (nSPS) is 14.6. The number of allylic oxidation sites excluding steroid dienone is 28. The second-order valence-corrected chi connectivity index (χ2v) is 32.2. The molecule has 0 aliphatic carbocycles. The number of carbonyl (C=O) groups excluding carboxylic acids is 3. The first-order valence-electron chi connectivity index (χ1n) is 44.4. The van der Waals surface area contributed by atoms with Gasteiger partial charge >= 0.3 is 33.6 Å². The molecular formula is C95H160O16P2. The largest absolute Gasteiger partial charge is 0.472 e. The highest BCUT2D eigenvalue weighted by molar-refractivity contribution is 7.47. The Morgan fingerprint density at radius 1 is 0.257 bits per heavy atom. The fraction of sp³-hybridized carbons (Fsp3) is 0.674. The van der Waals surface area contributed by atoms with Crippen molar-refractivity contribution in [1.29, 1.82) is 0 Å². The molecular weight excluding hydrogens is 1460 g/mol. The smallest absolute Gasteiger partial charge is 0.463 e. The lowest BCUT2D eigenvalue weighted by atomic mass is 10.0. The molecule has 0 amide bonds. The molecule has 0 saturated heterocycles. The van der Waals surface area contributed by atoms with Crippen molar-refractivity contribution in [3.63, 3.8) is 0 Å². The second kappa shape index (κ2) is 86.3. The van der Waals surface area contributed by atoms with Gasteiger partial charge < -0.3 is 34.2 Å². The predicted molar refractivity (Wildman–Crippen MR) is 472 cm³/mol. The van der Waals surface area contributed by atoms with Crippen LogP contribution in [0.2, 0.25) is 0 Å². The van der Waals surface area contributed by atoms with E-state index in [0.717, 1.165) is 161 Å². The van der Waals surface area contributed by atoms with Gasteiger partial charge in [0.15, 0.2) is 6.10 Å². The Balaban J connectivity index is 4.61. The maximum Gasteiger partial charge on any atom is 0.472 e. The Morgan fingerprint density at radius 2 is 0.469 bits per heavy atom. The standard InChI is InChI=1S/C95H160O16P2/c1-4-7-10-13-16-19-22-25-28-31-34-36-38-40-42-44-46-48-50-52-55-57-60-63-66-69-72-75-78-81-93(98)105-84-90(96)85-107-112(101,102)108-86-91(97)87-109-113(103,104)110-89-92(111-95(100)83-80-77-74-71-68-65-62-59-54-33-30-27-24-21-18-15-12-9-6-3)88-106-94(99)82-79-76-73-70-67-64-61-58-56-53-51-49-47-45-43-41-39-37-35-32-29-26-23-20-17-14-11-8-5-2/h7,9-10,12,16-21,25-30,34-37,40-43,54,59,65,68,90-92,96-97H,4-6,8,11,13-15,22-24,31-33,38-39,44-53,55-58,60-64,66-67,69-89H2,1-3H3,(H,101,102)(H,103,104)/b10-7-,12-9-,19-16-,20-17-,21-18-,28-25-,29-26-,30-27-,36-34-,37-35-,42-40-,43-41-,59-54-,68-65-. The van der Waals surface area contributed by atoms with Crippen molar-refractivity contribution < 1.29 is 75.8 Å². The first-order chi connectivity index (χ1) is 55.2. The molecule has 646 valence electrons. The molecule has 0 aromatic carbocycles. The first-order valence-corrected chi connectivity index (χ1v) is 47.4. The van der Waals surface area contributed by atoms with Crippen LogP contribution in [0.4, 0.5) is 0 Å². The summed E-state index contributed by atoms with van der Waals surface area (Å²) in [6.07, 6.45) is 111. The SMILES string of the molecule is CC/C=C\C/C=C\C/C=C\C/C=C\C/C=C\CCCCCCCCCCCCCCCC(=O)OCC(O)COP(=O)(O)OCC(O)COP(=O)(O)OCC(COC(=O)CCCCCCCCCCCCCCC/C=C\C/C=C\C/C=C\C/C=C\CCCCC)OC(=O)CCCCC/C=C\C/C=C\C/C=C\C/C=C\C/C=C\CC. The number of carbonyl (C=O) groups is 3. The zero-order valence-electron chi connectivity index (χ0n) is 71.0. The third-order valence-electron chi connectivity index (χ3n) is 18.4. The number of hydrogen-bond acceptors (Lipinski definition) is 14. The van der Waals surface area contributed by atoms with Gasteiger partial charge in [-0.15, -0.1) is 0 Å². The second-order valence-electron chi connectivity index (χ2n) is 29.3. The van der Waals surface area contributed by atoms with Crippen LogP contribution in [0.25, 0.3) is 0 Å². The Kier molecular flexibility index (Phi) is 82.4. The summed E-state index contributed by atoms with van der Waals surface area (Å²) in [7, 11) is -9.82. The minimum atomic E-state index is -4.95. The predicted octanol–water partition coefficient (Wildman–Crippen LogP) is 27.1. The van der Waals surface area contributed by atoms with Crippen molar-refractivity contribution in [2.75, 3.05) is 39.6 Å². The average Bonchev–Trinajstić information content (AvgIpc) is 0.899. The molecule has 0 radical (unpaired) electrons. The number of unbranched alkanes of at least 4 members (excludes halogenated alkanes) is 32. The molecule has 16 nitrogen and oxygen atoms in total. The molecule has 0 fully saturated rings. The maximum atomic E-state index is 13.0. The molecule has 0 aromatic heterocycles. The fourth-order valence-electron chi connectivity index (χ4n) is 11.7. The van der Waals surface area contributed by atoms with Crippen LogP contribution in [0, 0.1) is 0 Å². The number of phosphoric ester groups is 2. The summed E-state index contributed by atoms with van der Waals surface area (Å²) in [4.78, 5) is 58.9. The number of aliphatic hydroxyl groups is 2. The van der Waals surface area contributed by atoms with Crippen molar-refractivity contribution in [1.82, 2.24) is 0 Å². The van der Waals surface area contributed by atoms with Gasteiger partial charge in [-0.2, -0.15) is 0 Å². The summed E-state index contributed by atoms with van der Waals surface area (Å²) in [5.41, 5.74) is 0. The topological polar surface area (TPSA) is 231 Å². The molecule has 0 bridgehead atoms. The van der Waals surface area contributed by atoms with Crippen LogP contribution in [0.1, 0.15) is 355 Å². The first kappa shape index (κ1) is 108. The van der Waals surface area contributed by atoms with Gasteiger partial charge in [-0.3, -0.25) is 32.5 Å². The van der Waals surface area contributed by atoms with Crippen LogP contribution < -0.4 is 0 Å². The van der Waals surface area contributed by atoms with E-state index in [1.165, 1.54) is 135 Å². The highest BCUT2D eigenvalue weighted by Gasteiger charge is 2.29. The summed E-state index contributed by atoms with van der Waals surface area (Å²) < 4.78 is 61.4. The summed E-state index contributed by atoms with van der Waals surface area (Å²) in [6.45, 7) is 2.41. The molecule has 0 aliphatic heterocycles. The minimum Gasteiger partial charge on any atom is -0.463 e. The van der Waals surface area contributed by atoms with E-state index in [-0.39, 0.29) is 19.3 Å². The van der Waals surface area contributed by atoms with E-state index in [2.05, 4.69) is 191 Å². The van der Waals surface area contributed by atoms with Crippen LogP contribution in [0.15, 0.2) is 170 Å². The van der Waals surface area contributed by atoms with E-state index in [1.807, 2.05) is 0 Å². The summed E-state index contributed by atoms with van der Waals surface area (Å²) in [5.74, 6) is -1.61. The van der Waals surface area contributed by atoms with Crippen molar-refractivity contribution in [2.45, 2.75) is 373 Å². The van der Waals surface area contributed by atoms with E-state index in [9.17, 15) is 43.5 Å². The Labute approximate surface area is 688 Å². The van der Waals surface area contributed by atoms with Crippen molar-refractivity contribution >= 4 is 33.6 Å². The fourth-order valence-corrected chi connectivity index (χ4v) is 13.3. The molecule has 113 heavy (non-hydrogen) atoms. The molecule has 18 heteroatoms. The van der Waals surface area contributed by atoms with Gasteiger partial charge in [0.05, 0.1) is 26.4 Å². The lowest BCUT2D eigenvalue weighted by molar-refractivity contribution is -0.161. The number of rotatable bonds is 83. The van der Waals surface area contributed by atoms with E-state index in [0.29, 0.717) is 19.3 Å². The molecule has 0 rings (SSSR count). The quantitative estimate of drug-likeness (QED) is 0.0146. The monoisotopic (exact) mass is 1620 g/mol. The Bertz CT molecular complexity index is 2730. The van der Waals surface area contributed by atoms with Gasteiger partial charge in [-0.1, -0.05) is 351 Å². The lowest BCUT2D eigenvalue weighted by Gasteiger charge is -2.21. The third-order valence-corrected chi connectivity index (χ3v) is 20.3. The molecule has 4 N–H and O–H groups in total. The van der Waals surface area contributed by atoms with Gasteiger partial charge in [0.25, 0.3) is 0 Å². The zero-order chi connectivity index (χ0) is 82.2. The Morgan fingerprint density at radius 3 is 0.752 bits per heavy atom.